The predicted octanol–water partition coefficient (Wildman–Crippen LogP) is -0.0504. The van der Waals surface area contributed by atoms with E-state index in [4.69, 9.17) is 25.2 Å². The summed E-state index contributed by atoms with van der Waals surface area (Å²) in [6, 6.07) is 0. The van der Waals surface area contributed by atoms with Crippen molar-refractivity contribution in [3.8, 4) is 0 Å². The van der Waals surface area contributed by atoms with Gasteiger partial charge in [-0.1, -0.05) is 6.92 Å². The highest BCUT2D eigenvalue weighted by molar-refractivity contribution is 5.66. The number of hydrogen-bond acceptors (Lipinski definition) is 5. The first-order valence-electron chi connectivity index (χ1n) is 5.13. The van der Waals surface area contributed by atoms with Gasteiger partial charge in [0.1, 0.15) is 0 Å². The number of hydrogen-bond donors (Lipinski definition) is 4. The molecule has 0 amide bonds. The molecule has 17 heavy (non-hydrogen) atoms. The molecule has 0 saturated heterocycles. The molecular formula is C10H22O7. The van der Waals surface area contributed by atoms with Crippen LogP contribution in [0.15, 0.2) is 0 Å². The monoisotopic (exact) mass is 254 g/mol. The Hall–Kier alpha value is -1.18. The molecule has 0 radical (unpaired) electrons. The molecule has 0 aromatic rings. The van der Waals surface area contributed by atoms with Gasteiger partial charge in [0.2, 0.25) is 0 Å². The average Bonchev–Trinajstić information content (AvgIpc) is 2.18. The van der Waals surface area contributed by atoms with E-state index in [1.54, 1.807) is 0 Å². The Morgan fingerprint density at radius 2 is 1.41 bits per heavy atom. The molecular weight excluding hydrogens is 232 g/mol. The molecule has 7 heteroatoms. The van der Waals surface area contributed by atoms with Crippen LogP contribution in [-0.2, 0) is 14.3 Å². The number of aliphatic hydroxyl groups is 2. The van der Waals surface area contributed by atoms with E-state index in [9.17, 15) is 4.79 Å². The zero-order chi connectivity index (χ0) is 14.1. The maximum atomic E-state index is 9.60. The third-order valence-corrected chi connectivity index (χ3v) is 0.935. The molecule has 0 heterocycles. The lowest BCUT2D eigenvalue weighted by atomic mass is 10.4. The van der Waals surface area contributed by atoms with Gasteiger partial charge in [0.05, 0.1) is 26.4 Å². The summed E-state index contributed by atoms with van der Waals surface area (Å²) in [5.41, 5.74) is 0. The van der Waals surface area contributed by atoms with Crippen LogP contribution in [0.1, 0.15) is 26.7 Å². The molecule has 0 aliphatic rings. The first kappa shape index (κ1) is 21.1. The SMILES string of the molecule is CC(=O)O.CCCC(=O)O.OCCOCCO. The minimum atomic E-state index is -0.833. The van der Waals surface area contributed by atoms with Crippen molar-refractivity contribution in [2.45, 2.75) is 26.7 Å². The molecule has 0 aromatic carbocycles. The van der Waals surface area contributed by atoms with E-state index in [1.807, 2.05) is 6.92 Å². The molecule has 0 aromatic heterocycles. The van der Waals surface area contributed by atoms with E-state index in [0.29, 0.717) is 19.6 Å². The number of ether oxygens (including phenoxy) is 1. The number of aliphatic hydroxyl groups excluding tert-OH is 2. The fourth-order valence-electron chi connectivity index (χ4n) is 0.445. The Bertz CT molecular complexity index is 162. The molecule has 0 unspecified atom stereocenters. The van der Waals surface area contributed by atoms with Crippen molar-refractivity contribution in [1.82, 2.24) is 0 Å². The second-order valence-corrected chi connectivity index (χ2v) is 2.72. The summed E-state index contributed by atoms with van der Waals surface area (Å²) in [7, 11) is 0. The van der Waals surface area contributed by atoms with Gasteiger partial charge in [0.15, 0.2) is 0 Å². The summed E-state index contributed by atoms with van der Waals surface area (Å²) in [5.74, 6) is -1.54. The van der Waals surface area contributed by atoms with E-state index >= 15 is 0 Å². The molecule has 0 saturated carbocycles. The van der Waals surface area contributed by atoms with E-state index < -0.39 is 11.9 Å². The topological polar surface area (TPSA) is 124 Å². The van der Waals surface area contributed by atoms with Crippen molar-refractivity contribution in [2.75, 3.05) is 26.4 Å². The molecule has 104 valence electrons. The second kappa shape index (κ2) is 20.3. The molecule has 0 rings (SSSR count). The van der Waals surface area contributed by atoms with Gasteiger partial charge in [0.25, 0.3) is 5.97 Å². The summed E-state index contributed by atoms with van der Waals surface area (Å²) in [6.07, 6.45) is 1.02. The lowest BCUT2D eigenvalue weighted by Gasteiger charge is -1.94. The zero-order valence-electron chi connectivity index (χ0n) is 10.3. The van der Waals surface area contributed by atoms with E-state index in [2.05, 4.69) is 4.74 Å². The summed E-state index contributed by atoms with van der Waals surface area (Å²) in [6.45, 7) is 3.62. The van der Waals surface area contributed by atoms with E-state index in [-0.39, 0.29) is 13.2 Å². The molecule has 0 aliphatic carbocycles. The van der Waals surface area contributed by atoms with Crippen LogP contribution in [0, 0.1) is 0 Å². The first-order chi connectivity index (χ1) is 7.92. The highest BCUT2D eigenvalue weighted by Gasteiger charge is 1.87. The van der Waals surface area contributed by atoms with Gasteiger partial charge >= 0.3 is 5.97 Å². The maximum absolute atomic E-state index is 9.60. The van der Waals surface area contributed by atoms with Gasteiger partial charge < -0.3 is 25.2 Å². The van der Waals surface area contributed by atoms with Crippen LogP contribution in [0.5, 0.6) is 0 Å². The van der Waals surface area contributed by atoms with Gasteiger partial charge in [-0.05, 0) is 6.42 Å². The Morgan fingerprint density at radius 3 is 1.53 bits per heavy atom. The average molecular weight is 254 g/mol. The Kier molecular flexibility index (Phi) is 25.2. The second-order valence-electron chi connectivity index (χ2n) is 2.72. The van der Waals surface area contributed by atoms with Gasteiger partial charge in [-0.15, -0.1) is 0 Å². The van der Waals surface area contributed by atoms with Crippen molar-refractivity contribution in [1.29, 1.82) is 0 Å². The van der Waals surface area contributed by atoms with Crippen LogP contribution >= 0.6 is 0 Å². The van der Waals surface area contributed by atoms with Crippen molar-refractivity contribution < 1.29 is 34.8 Å². The van der Waals surface area contributed by atoms with Gasteiger partial charge in [-0.3, -0.25) is 9.59 Å². The summed E-state index contributed by atoms with van der Waals surface area (Å²) >= 11 is 0. The van der Waals surface area contributed by atoms with Crippen molar-refractivity contribution >= 4 is 11.9 Å². The fraction of sp³-hybridized carbons (Fsp3) is 0.800. The summed E-state index contributed by atoms with van der Waals surface area (Å²) < 4.78 is 4.63. The summed E-state index contributed by atoms with van der Waals surface area (Å²) in [4.78, 5) is 18.6. The minimum absolute atomic E-state index is 0.0278. The predicted molar refractivity (Wildman–Crippen MR) is 60.8 cm³/mol. The van der Waals surface area contributed by atoms with Crippen molar-refractivity contribution in [3.05, 3.63) is 0 Å². The molecule has 0 spiro atoms. The molecule has 4 N–H and O–H groups in total. The smallest absolute Gasteiger partial charge is 0.303 e. The maximum Gasteiger partial charge on any atom is 0.303 e. The number of rotatable bonds is 6. The Labute approximate surface area is 101 Å². The lowest BCUT2D eigenvalue weighted by molar-refractivity contribution is -0.137. The van der Waals surface area contributed by atoms with Crippen LogP contribution in [0.2, 0.25) is 0 Å². The quantitative estimate of drug-likeness (QED) is 0.490. The molecule has 0 fully saturated rings. The normalized spacial score (nSPS) is 8.24. The van der Waals surface area contributed by atoms with Crippen LogP contribution in [0.3, 0.4) is 0 Å². The third-order valence-electron chi connectivity index (χ3n) is 0.935. The standard InChI is InChI=1S/C4H10O3.C4H8O2.C2H4O2/c5-1-3-7-4-2-6;1-2-3-4(5)6;1-2(3)4/h5-6H,1-4H2;2-3H2,1H3,(H,5,6);1H3,(H,3,4). The number of aliphatic carboxylic acids is 2. The van der Waals surface area contributed by atoms with Crippen molar-refractivity contribution in [2.24, 2.45) is 0 Å². The molecule has 0 bridgehead atoms. The van der Waals surface area contributed by atoms with Crippen LogP contribution in [0.25, 0.3) is 0 Å². The highest BCUT2D eigenvalue weighted by Crippen LogP contribution is 1.82. The molecule has 7 nitrogen and oxygen atoms in total. The third kappa shape index (κ3) is 71.9. The first-order valence-corrected chi connectivity index (χ1v) is 5.13. The number of carboxylic acid groups (broad SMARTS) is 2. The minimum Gasteiger partial charge on any atom is -0.481 e. The van der Waals surface area contributed by atoms with Crippen LogP contribution < -0.4 is 0 Å². The lowest BCUT2D eigenvalue weighted by Crippen LogP contribution is -2.03. The molecule has 0 atom stereocenters. The summed E-state index contributed by atoms with van der Waals surface area (Å²) in [5, 5.41) is 31.5. The van der Waals surface area contributed by atoms with Crippen LogP contribution in [-0.4, -0.2) is 58.8 Å². The van der Waals surface area contributed by atoms with Gasteiger partial charge in [-0.25, -0.2) is 0 Å². The van der Waals surface area contributed by atoms with Gasteiger partial charge in [-0.2, -0.15) is 0 Å². The highest BCUT2D eigenvalue weighted by atomic mass is 16.5. The van der Waals surface area contributed by atoms with E-state index in [1.165, 1.54) is 0 Å². The number of carbonyl (C=O) groups is 2. The Morgan fingerprint density at radius 1 is 1.06 bits per heavy atom. The van der Waals surface area contributed by atoms with Gasteiger partial charge in [0, 0.05) is 13.3 Å². The van der Waals surface area contributed by atoms with E-state index in [0.717, 1.165) is 13.3 Å². The van der Waals surface area contributed by atoms with Crippen LogP contribution in [0.4, 0.5) is 0 Å². The zero-order valence-corrected chi connectivity index (χ0v) is 10.3. The number of carboxylic acids is 2. The largest absolute Gasteiger partial charge is 0.481 e. The fourth-order valence-corrected chi connectivity index (χ4v) is 0.445. The van der Waals surface area contributed by atoms with Crippen molar-refractivity contribution in [3.63, 3.8) is 0 Å². The Balaban J connectivity index is -0.000000180. The molecule has 0 aliphatic heterocycles.